The monoisotopic (exact) mass is 338 g/mol. The van der Waals surface area contributed by atoms with Crippen LogP contribution in [-0.4, -0.2) is 35.9 Å². The molecule has 0 aliphatic carbocycles. The van der Waals surface area contributed by atoms with Crippen LogP contribution < -0.4 is 10.2 Å². The first-order valence-corrected chi connectivity index (χ1v) is 8.97. The molecule has 0 saturated carbocycles. The number of carbonyl (C=O) groups excluding carboxylic acids is 2. The van der Waals surface area contributed by atoms with Gasteiger partial charge < -0.3 is 10.2 Å². The largest absolute Gasteiger partial charge is 0.356 e. The molecule has 1 aliphatic heterocycles. The summed E-state index contributed by atoms with van der Waals surface area (Å²) < 4.78 is 14.0. The van der Waals surface area contributed by atoms with Crippen molar-refractivity contribution < 1.29 is 14.0 Å². The van der Waals surface area contributed by atoms with Gasteiger partial charge in [0.05, 0.1) is 10.9 Å². The molecule has 1 saturated heterocycles. The third-order valence-corrected chi connectivity index (χ3v) is 5.16. The first-order chi connectivity index (χ1) is 11.0. The minimum absolute atomic E-state index is 0.00900. The van der Waals surface area contributed by atoms with Gasteiger partial charge in [-0.15, -0.1) is 11.8 Å². The normalized spacial score (nSPS) is 18.1. The molecule has 1 fully saturated rings. The van der Waals surface area contributed by atoms with Crippen molar-refractivity contribution in [3.8, 4) is 0 Å². The summed E-state index contributed by atoms with van der Waals surface area (Å²) in [4.78, 5) is 25.0. The van der Waals surface area contributed by atoms with Crippen LogP contribution in [0, 0.1) is 12.7 Å². The summed E-state index contributed by atoms with van der Waals surface area (Å²) in [6.07, 6.45) is 2.53. The quantitative estimate of drug-likeness (QED) is 0.812. The van der Waals surface area contributed by atoms with Crippen molar-refractivity contribution in [1.82, 2.24) is 5.32 Å². The molecule has 23 heavy (non-hydrogen) atoms. The molecule has 1 unspecified atom stereocenters. The highest BCUT2D eigenvalue weighted by atomic mass is 32.2. The zero-order valence-corrected chi connectivity index (χ0v) is 14.4. The summed E-state index contributed by atoms with van der Waals surface area (Å²) in [6.45, 7) is 4.58. The molecule has 1 N–H and O–H groups in total. The second-order valence-corrected chi connectivity index (χ2v) is 7.09. The average Bonchev–Trinajstić information content (AvgIpc) is 2.51. The number of rotatable bonds is 6. The number of thioether (sulfide) groups is 1. The molecule has 1 aromatic rings. The number of benzene rings is 1. The molecule has 0 radical (unpaired) electrons. The maximum absolute atomic E-state index is 14.0. The second-order valence-electron chi connectivity index (χ2n) is 5.78. The highest BCUT2D eigenvalue weighted by Crippen LogP contribution is 2.30. The Bertz CT molecular complexity index is 580. The van der Waals surface area contributed by atoms with E-state index in [1.807, 2.05) is 6.92 Å². The number of amides is 2. The highest BCUT2D eigenvalue weighted by Gasteiger charge is 2.31. The molecule has 126 valence electrons. The predicted octanol–water partition coefficient (Wildman–Crippen LogP) is 2.89. The zero-order chi connectivity index (χ0) is 16.8. The Morgan fingerprint density at radius 1 is 1.48 bits per heavy atom. The third-order valence-electron chi connectivity index (χ3n) is 3.80. The summed E-state index contributed by atoms with van der Waals surface area (Å²) in [7, 11) is 0. The molecule has 1 atom stereocenters. The Morgan fingerprint density at radius 2 is 2.26 bits per heavy atom. The lowest BCUT2D eigenvalue weighted by atomic mass is 10.1. The number of nitrogens with zero attached hydrogens (tertiary/aromatic N) is 1. The highest BCUT2D eigenvalue weighted by molar-refractivity contribution is 8.00. The Labute approximate surface area is 140 Å². The number of anilines is 1. The van der Waals surface area contributed by atoms with Crippen molar-refractivity contribution in [2.45, 2.75) is 38.4 Å². The summed E-state index contributed by atoms with van der Waals surface area (Å²) >= 11 is 1.60. The van der Waals surface area contributed by atoms with E-state index >= 15 is 0 Å². The maximum atomic E-state index is 14.0. The van der Waals surface area contributed by atoms with Crippen LogP contribution in [-0.2, 0) is 9.59 Å². The smallest absolute Gasteiger partial charge is 0.240 e. The molecule has 6 heteroatoms. The van der Waals surface area contributed by atoms with Crippen molar-refractivity contribution in [1.29, 1.82) is 0 Å². The van der Waals surface area contributed by atoms with E-state index in [1.165, 1.54) is 13.0 Å². The fourth-order valence-corrected chi connectivity index (χ4v) is 3.83. The van der Waals surface area contributed by atoms with Crippen molar-refractivity contribution in [3.63, 3.8) is 0 Å². The second kappa shape index (κ2) is 8.34. The Morgan fingerprint density at radius 3 is 3.00 bits per heavy atom. The minimum Gasteiger partial charge on any atom is -0.356 e. The minimum atomic E-state index is -0.347. The lowest BCUT2D eigenvalue weighted by molar-refractivity contribution is -0.119. The van der Waals surface area contributed by atoms with Crippen LogP contribution in [0.1, 0.15) is 31.7 Å². The van der Waals surface area contributed by atoms with Gasteiger partial charge in [0.15, 0.2) is 0 Å². The van der Waals surface area contributed by atoms with Crippen LogP contribution in [0.15, 0.2) is 18.2 Å². The zero-order valence-electron chi connectivity index (χ0n) is 13.6. The van der Waals surface area contributed by atoms with Crippen LogP contribution in [0.4, 0.5) is 10.1 Å². The molecular formula is C17H23FN2O2S. The molecule has 2 amide bonds. The van der Waals surface area contributed by atoms with E-state index in [9.17, 15) is 14.0 Å². The van der Waals surface area contributed by atoms with Gasteiger partial charge in [-0.05, 0) is 49.6 Å². The average molecular weight is 338 g/mol. The fourth-order valence-electron chi connectivity index (χ4n) is 2.63. The third kappa shape index (κ3) is 4.96. The molecular weight excluding hydrogens is 315 g/mol. The topological polar surface area (TPSA) is 49.4 Å². The van der Waals surface area contributed by atoms with Crippen molar-refractivity contribution in [2.75, 3.05) is 23.7 Å². The standard InChI is InChI=1S/C17H23FN2O2S/c1-12-6-7-14(18)15(11-12)20-9-3-5-16(17(20)22)23-10-4-8-19-13(2)21/h6-7,11,16H,3-5,8-10H2,1-2H3,(H,19,21). The van der Waals surface area contributed by atoms with E-state index in [0.29, 0.717) is 18.8 Å². The number of hydrogen-bond acceptors (Lipinski definition) is 3. The first kappa shape index (κ1) is 17.8. The lowest BCUT2D eigenvalue weighted by Crippen LogP contribution is -2.43. The number of carbonyl (C=O) groups is 2. The van der Waals surface area contributed by atoms with Gasteiger partial charge >= 0.3 is 0 Å². The van der Waals surface area contributed by atoms with Gasteiger partial charge in [0.25, 0.3) is 0 Å². The van der Waals surface area contributed by atoms with E-state index in [2.05, 4.69) is 5.32 Å². The Kier molecular flexibility index (Phi) is 6.45. The van der Waals surface area contributed by atoms with Crippen molar-refractivity contribution in [3.05, 3.63) is 29.6 Å². The van der Waals surface area contributed by atoms with E-state index in [-0.39, 0.29) is 22.9 Å². The van der Waals surface area contributed by atoms with E-state index < -0.39 is 0 Å². The Hall–Kier alpha value is -1.56. The molecule has 1 heterocycles. The molecule has 1 aromatic carbocycles. The summed E-state index contributed by atoms with van der Waals surface area (Å²) in [5, 5.41) is 2.62. The molecule has 0 spiro atoms. The molecule has 0 bridgehead atoms. The summed E-state index contributed by atoms with van der Waals surface area (Å²) in [6, 6.07) is 4.86. The molecule has 2 rings (SSSR count). The maximum Gasteiger partial charge on any atom is 0.240 e. The number of nitrogens with one attached hydrogen (secondary N) is 1. The van der Waals surface area contributed by atoms with Gasteiger partial charge in [-0.25, -0.2) is 4.39 Å². The first-order valence-electron chi connectivity index (χ1n) is 7.92. The number of hydrogen-bond donors (Lipinski definition) is 1. The van der Waals surface area contributed by atoms with Gasteiger partial charge in [-0.1, -0.05) is 6.07 Å². The number of aryl methyl sites for hydroxylation is 1. The van der Waals surface area contributed by atoms with E-state index in [4.69, 9.17) is 0 Å². The van der Waals surface area contributed by atoms with Gasteiger partial charge in [0.1, 0.15) is 5.82 Å². The van der Waals surface area contributed by atoms with Crippen LogP contribution >= 0.6 is 11.8 Å². The molecule has 4 nitrogen and oxygen atoms in total. The fraction of sp³-hybridized carbons (Fsp3) is 0.529. The van der Waals surface area contributed by atoms with E-state index in [1.54, 1.807) is 28.8 Å². The van der Waals surface area contributed by atoms with E-state index in [0.717, 1.165) is 30.6 Å². The summed E-state index contributed by atoms with van der Waals surface area (Å²) in [5.41, 5.74) is 1.33. The number of halogens is 1. The SMILES string of the molecule is CC(=O)NCCCSC1CCCN(c2cc(C)ccc2F)C1=O. The van der Waals surface area contributed by atoms with Gasteiger partial charge in [-0.3, -0.25) is 9.59 Å². The summed E-state index contributed by atoms with van der Waals surface area (Å²) in [5.74, 6) is 0.413. The van der Waals surface area contributed by atoms with Crippen molar-refractivity contribution in [2.24, 2.45) is 0 Å². The van der Waals surface area contributed by atoms with Gasteiger partial charge in [-0.2, -0.15) is 0 Å². The Balaban J connectivity index is 1.93. The molecule has 0 aromatic heterocycles. The van der Waals surface area contributed by atoms with Crippen molar-refractivity contribution >= 4 is 29.3 Å². The van der Waals surface area contributed by atoms with Gasteiger partial charge in [0.2, 0.25) is 11.8 Å². The van der Waals surface area contributed by atoms with Crippen LogP contribution in [0.3, 0.4) is 0 Å². The predicted molar refractivity (Wildman–Crippen MR) is 92.3 cm³/mol. The van der Waals surface area contributed by atoms with Crippen LogP contribution in [0.2, 0.25) is 0 Å². The molecule has 1 aliphatic rings. The number of piperidine rings is 1. The van der Waals surface area contributed by atoms with Crippen LogP contribution in [0.25, 0.3) is 0 Å². The van der Waals surface area contributed by atoms with Gasteiger partial charge in [0, 0.05) is 20.0 Å². The van der Waals surface area contributed by atoms with Crippen LogP contribution in [0.5, 0.6) is 0 Å². The lowest BCUT2D eigenvalue weighted by Gasteiger charge is -2.32.